The van der Waals surface area contributed by atoms with Gasteiger partial charge in [-0.25, -0.2) is 0 Å². The summed E-state index contributed by atoms with van der Waals surface area (Å²) in [5, 5.41) is 7.45. The molecular weight excluding hydrogens is 288 g/mol. The maximum atomic E-state index is 12.1. The minimum Gasteiger partial charge on any atom is -0.433 e. The molecular formula is C13H14ClF2N3O. The quantitative estimate of drug-likeness (QED) is 0.883. The number of halogens is 3. The zero-order chi connectivity index (χ0) is 14.5. The second-order valence-corrected chi connectivity index (χ2v) is 4.42. The van der Waals surface area contributed by atoms with Crippen LogP contribution in [0.3, 0.4) is 0 Å². The summed E-state index contributed by atoms with van der Waals surface area (Å²) in [6.07, 6.45) is 1.73. The van der Waals surface area contributed by atoms with E-state index in [-0.39, 0.29) is 10.8 Å². The zero-order valence-corrected chi connectivity index (χ0v) is 11.6. The van der Waals surface area contributed by atoms with E-state index in [1.54, 1.807) is 18.3 Å². The van der Waals surface area contributed by atoms with Gasteiger partial charge in [0.2, 0.25) is 0 Å². The molecule has 0 spiro atoms. The molecule has 0 amide bonds. The Labute approximate surface area is 120 Å². The van der Waals surface area contributed by atoms with Crippen molar-refractivity contribution in [2.24, 2.45) is 0 Å². The van der Waals surface area contributed by atoms with E-state index in [0.717, 1.165) is 17.9 Å². The van der Waals surface area contributed by atoms with Gasteiger partial charge in [-0.1, -0.05) is 11.6 Å². The lowest BCUT2D eigenvalue weighted by Gasteiger charge is -2.11. The van der Waals surface area contributed by atoms with E-state index in [1.165, 1.54) is 6.07 Å². The molecule has 0 saturated carbocycles. The number of aromatic nitrogens is 2. The Hall–Kier alpha value is -1.82. The van der Waals surface area contributed by atoms with Crippen molar-refractivity contribution in [3.8, 4) is 5.75 Å². The Bertz CT molecular complexity index is 574. The molecule has 0 aliphatic rings. The third kappa shape index (κ3) is 3.60. The lowest BCUT2D eigenvalue weighted by atomic mass is 10.3. The van der Waals surface area contributed by atoms with Crippen LogP contribution in [0, 0.1) is 0 Å². The predicted octanol–water partition coefficient (Wildman–Crippen LogP) is 3.77. The summed E-state index contributed by atoms with van der Waals surface area (Å²) >= 11 is 5.88. The minimum absolute atomic E-state index is 0.0363. The van der Waals surface area contributed by atoms with Gasteiger partial charge in [0, 0.05) is 18.4 Å². The first-order valence-electron chi connectivity index (χ1n) is 6.09. The number of alkyl halides is 2. The molecule has 1 N–H and O–H groups in total. The van der Waals surface area contributed by atoms with E-state index < -0.39 is 6.61 Å². The van der Waals surface area contributed by atoms with Crippen molar-refractivity contribution >= 4 is 17.3 Å². The van der Waals surface area contributed by atoms with Crippen LogP contribution in [0.4, 0.5) is 14.5 Å². The molecule has 20 heavy (non-hydrogen) atoms. The molecule has 0 unspecified atom stereocenters. The maximum absolute atomic E-state index is 12.1. The minimum atomic E-state index is -2.88. The number of nitrogens with one attached hydrogen (secondary N) is 1. The number of anilines is 1. The molecule has 0 saturated heterocycles. The number of aryl methyl sites for hydroxylation is 1. The van der Waals surface area contributed by atoms with Crippen LogP contribution < -0.4 is 10.1 Å². The molecule has 1 aromatic heterocycles. The second-order valence-electron chi connectivity index (χ2n) is 4.02. The van der Waals surface area contributed by atoms with Gasteiger partial charge < -0.3 is 10.1 Å². The third-order valence-corrected chi connectivity index (χ3v) is 3.02. The van der Waals surface area contributed by atoms with Crippen LogP contribution >= 0.6 is 11.6 Å². The van der Waals surface area contributed by atoms with Crippen molar-refractivity contribution < 1.29 is 13.5 Å². The fourth-order valence-electron chi connectivity index (χ4n) is 1.79. The normalized spacial score (nSPS) is 10.8. The second kappa shape index (κ2) is 6.56. The fourth-order valence-corrected chi connectivity index (χ4v) is 2.02. The van der Waals surface area contributed by atoms with Crippen molar-refractivity contribution in [3.63, 3.8) is 0 Å². The summed E-state index contributed by atoms with van der Waals surface area (Å²) in [5.74, 6) is -0.0363. The number of nitrogens with zero attached hydrogens (tertiary/aromatic N) is 2. The Kier molecular flexibility index (Phi) is 4.79. The molecule has 0 radical (unpaired) electrons. The van der Waals surface area contributed by atoms with Crippen LogP contribution in [0.2, 0.25) is 5.02 Å². The average molecular weight is 302 g/mol. The highest BCUT2D eigenvalue weighted by molar-refractivity contribution is 6.32. The van der Waals surface area contributed by atoms with Gasteiger partial charge in [-0.3, -0.25) is 4.68 Å². The van der Waals surface area contributed by atoms with Crippen molar-refractivity contribution in [2.75, 3.05) is 5.32 Å². The van der Waals surface area contributed by atoms with Crippen molar-refractivity contribution in [1.82, 2.24) is 9.78 Å². The summed E-state index contributed by atoms with van der Waals surface area (Å²) < 4.78 is 30.4. The highest BCUT2D eigenvalue weighted by atomic mass is 35.5. The lowest BCUT2D eigenvalue weighted by molar-refractivity contribution is -0.0497. The molecule has 0 aliphatic heterocycles. The molecule has 0 bridgehead atoms. The molecule has 108 valence electrons. The molecule has 1 aromatic carbocycles. The first kappa shape index (κ1) is 14.6. The lowest BCUT2D eigenvalue weighted by Crippen LogP contribution is -2.08. The molecule has 0 aliphatic carbocycles. The maximum Gasteiger partial charge on any atom is 0.387 e. The van der Waals surface area contributed by atoms with Crippen molar-refractivity contribution in [1.29, 1.82) is 0 Å². The summed E-state index contributed by atoms with van der Waals surface area (Å²) in [7, 11) is 0. The largest absolute Gasteiger partial charge is 0.433 e. The van der Waals surface area contributed by atoms with Gasteiger partial charge in [-0.05, 0) is 31.2 Å². The van der Waals surface area contributed by atoms with Gasteiger partial charge in [-0.2, -0.15) is 13.9 Å². The van der Waals surface area contributed by atoms with E-state index in [1.807, 2.05) is 17.7 Å². The third-order valence-electron chi connectivity index (χ3n) is 2.73. The summed E-state index contributed by atoms with van der Waals surface area (Å²) in [4.78, 5) is 0. The molecule has 7 heteroatoms. The van der Waals surface area contributed by atoms with E-state index in [9.17, 15) is 8.78 Å². The zero-order valence-electron chi connectivity index (χ0n) is 10.8. The Morgan fingerprint density at radius 1 is 1.40 bits per heavy atom. The number of rotatable bonds is 6. The van der Waals surface area contributed by atoms with E-state index in [4.69, 9.17) is 11.6 Å². The van der Waals surface area contributed by atoms with Crippen LogP contribution in [-0.4, -0.2) is 16.4 Å². The molecule has 0 atom stereocenters. The monoisotopic (exact) mass is 301 g/mol. The number of benzene rings is 1. The van der Waals surface area contributed by atoms with Crippen LogP contribution in [0.5, 0.6) is 5.75 Å². The van der Waals surface area contributed by atoms with Crippen molar-refractivity contribution in [2.45, 2.75) is 26.6 Å². The fraction of sp³-hybridized carbons (Fsp3) is 0.308. The van der Waals surface area contributed by atoms with Crippen molar-refractivity contribution in [3.05, 3.63) is 41.2 Å². The Morgan fingerprint density at radius 3 is 2.85 bits per heavy atom. The predicted molar refractivity (Wildman–Crippen MR) is 73.3 cm³/mol. The standard InChI is InChI=1S/C13H14ClF2N3O/c1-2-19-10(5-6-18-19)8-17-9-3-4-12(11(14)7-9)20-13(15)16/h3-7,13,17H,2,8H2,1H3. The Morgan fingerprint density at radius 2 is 2.20 bits per heavy atom. The molecule has 4 nitrogen and oxygen atoms in total. The van der Waals surface area contributed by atoms with E-state index in [2.05, 4.69) is 15.2 Å². The van der Waals surface area contributed by atoms with E-state index >= 15 is 0 Å². The van der Waals surface area contributed by atoms with Gasteiger partial charge >= 0.3 is 6.61 Å². The highest BCUT2D eigenvalue weighted by Crippen LogP contribution is 2.29. The van der Waals surface area contributed by atoms with Crippen LogP contribution in [0.1, 0.15) is 12.6 Å². The highest BCUT2D eigenvalue weighted by Gasteiger charge is 2.09. The van der Waals surface area contributed by atoms with Crippen LogP contribution in [-0.2, 0) is 13.1 Å². The number of hydrogen-bond donors (Lipinski definition) is 1. The average Bonchev–Trinajstić information content (AvgIpc) is 2.86. The smallest absolute Gasteiger partial charge is 0.387 e. The topological polar surface area (TPSA) is 39.1 Å². The summed E-state index contributed by atoms with van der Waals surface area (Å²) in [6.45, 7) is 0.472. The molecule has 1 heterocycles. The number of hydrogen-bond acceptors (Lipinski definition) is 3. The van der Waals surface area contributed by atoms with Gasteiger partial charge in [0.05, 0.1) is 17.3 Å². The summed E-state index contributed by atoms with van der Waals surface area (Å²) in [5.41, 5.74) is 1.75. The Balaban J connectivity index is 2.02. The van der Waals surface area contributed by atoms with Gasteiger partial charge in [0.15, 0.2) is 0 Å². The SMILES string of the molecule is CCn1nccc1CNc1ccc(OC(F)F)c(Cl)c1. The molecule has 2 rings (SSSR count). The summed E-state index contributed by atoms with van der Waals surface area (Å²) in [6, 6.07) is 6.50. The first-order chi connectivity index (χ1) is 9.60. The number of ether oxygens (including phenoxy) is 1. The van der Waals surface area contributed by atoms with E-state index in [0.29, 0.717) is 6.54 Å². The first-order valence-corrected chi connectivity index (χ1v) is 6.47. The van der Waals surface area contributed by atoms with Crippen LogP contribution in [0.25, 0.3) is 0 Å². The molecule has 0 fully saturated rings. The molecule has 2 aromatic rings. The van der Waals surface area contributed by atoms with Crippen LogP contribution in [0.15, 0.2) is 30.5 Å². The van der Waals surface area contributed by atoms with Gasteiger partial charge in [0.25, 0.3) is 0 Å². The van der Waals surface area contributed by atoms with Gasteiger partial charge in [-0.15, -0.1) is 0 Å². The van der Waals surface area contributed by atoms with Gasteiger partial charge in [0.1, 0.15) is 5.75 Å².